The Morgan fingerprint density at radius 3 is 2.71 bits per heavy atom. The lowest BCUT2D eigenvalue weighted by atomic mass is 10.3. The number of nitrogens with zero attached hydrogens (tertiary/aromatic N) is 3. The highest BCUT2D eigenvalue weighted by Gasteiger charge is 2.02. The van der Waals surface area contributed by atoms with Crippen LogP contribution in [0.4, 0.5) is 5.69 Å². The Labute approximate surface area is 98.4 Å². The van der Waals surface area contributed by atoms with Gasteiger partial charge in [-0.3, -0.25) is 5.43 Å². The van der Waals surface area contributed by atoms with Crippen molar-refractivity contribution < 1.29 is 9.84 Å². The molecular formula is C11H10N4O2. The molecule has 0 aliphatic carbocycles. The van der Waals surface area contributed by atoms with Crippen molar-refractivity contribution in [3.05, 3.63) is 24.3 Å². The molecule has 86 valence electrons. The molecule has 0 saturated carbocycles. The fourth-order valence-electron chi connectivity index (χ4n) is 1.03. The molecule has 1 aromatic rings. The van der Waals surface area contributed by atoms with Crippen molar-refractivity contribution in [2.24, 2.45) is 5.10 Å². The molecular weight excluding hydrogens is 220 g/mol. The predicted octanol–water partition coefficient (Wildman–Crippen LogP) is 0.873. The van der Waals surface area contributed by atoms with E-state index >= 15 is 0 Å². The van der Waals surface area contributed by atoms with Crippen molar-refractivity contribution in [2.45, 2.75) is 0 Å². The summed E-state index contributed by atoms with van der Waals surface area (Å²) in [7, 11) is 0. The van der Waals surface area contributed by atoms with E-state index in [1.54, 1.807) is 36.4 Å². The van der Waals surface area contributed by atoms with Crippen LogP contribution in [0.5, 0.6) is 5.75 Å². The number of benzene rings is 1. The summed E-state index contributed by atoms with van der Waals surface area (Å²) in [5, 5.41) is 29.3. The number of nitrogens with one attached hydrogen (secondary N) is 1. The molecule has 0 amide bonds. The van der Waals surface area contributed by atoms with Gasteiger partial charge in [0.1, 0.15) is 24.5 Å². The Morgan fingerprint density at radius 2 is 2.06 bits per heavy atom. The number of aliphatic hydroxyl groups excluding tert-OH is 1. The summed E-state index contributed by atoms with van der Waals surface area (Å²) in [4.78, 5) is 0. The lowest BCUT2D eigenvalue weighted by Crippen LogP contribution is -2.04. The van der Waals surface area contributed by atoms with Gasteiger partial charge in [0.05, 0.1) is 12.3 Å². The van der Waals surface area contributed by atoms with E-state index in [1.807, 2.05) is 0 Å². The molecule has 17 heavy (non-hydrogen) atoms. The predicted molar refractivity (Wildman–Crippen MR) is 61.3 cm³/mol. The number of aliphatic hydroxyl groups is 1. The fourth-order valence-corrected chi connectivity index (χ4v) is 1.03. The first-order chi connectivity index (χ1) is 8.31. The van der Waals surface area contributed by atoms with E-state index in [0.29, 0.717) is 11.4 Å². The van der Waals surface area contributed by atoms with E-state index in [1.165, 1.54) is 0 Å². The third kappa shape index (κ3) is 3.82. The van der Waals surface area contributed by atoms with Crippen LogP contribution in [0.3, 0.4) is 0 Å². The van der Waals surface area contributed by atoms with Gasteiger partial charge in [0.25, 0.3) is 0 Å². The van der Waals surface area contributed by atoms with Crippen LogP contribution in [0.2, 0.25) is 0 Å². The maximum Gasteiger partial charge on any atom is 0.237 e. The standard InChI is InChI=1S/C11H10N4O2/c12-7-9(8-13)14-15-10-3-1-2-4-11(10)17-6-5-16/h1-4,15-16H,5-6H2. The molecule has 0 aliphatic rings. The molecule has 0 atom stereocenters. The summed E-state index contributed by atoms with van der Waals surface area (Å²) in [6.07, 6.45) is 0. The van der Waals surface area contributed by atoms with Crippen LogP contribution in [0.1, 0.15) is 0 Å². The Bertz CT molecular complexity index is 469. The van der Waals surface area contributed by atoms with Gasteiger partial charge in [-0.05, 0) is 12.1 Å². The Hall–Kier alpha value is -2.57. The second-order valence-electron chi connectivity index (χ2n) is 2.86. The van der Waals surface area contributed by atoms with Crippen LogP contribution in [0.25, 0.3) is 0 Å². The fraction of sp³-hybridized carbons (Fsp3) is 0.182. The van der Waals surface area contributed by atoms with E-state index < -0.39 is 0 Å². The first-order valence-corrected chi connectivity index (χ1v) is 4.78. The van der Waals surface area contributed by atoms with E-state index in [-0.39, 0.29) is 18.9 Å². The maximum atomic E-state index is 8.65. The van der Waals surface area contributed by atoms with Crippen LogP contribution >= 0.6 is 0 Å². The molecule has 6 heteroatoms. The van der Waals surface area contributed by atoms with Crippen molar-refractivity contribution in [1.82, 2.24) is 0 Å². The summed E-state index contributed by atoms with van der Waals surface area (Å²) in [6.45, 7) is 0.0605. The molecule has 0 heterocycles. The maximum absolute atomic E-state index is 8.65. The summed E-state index contributed by atoms with van der Waals surface area (Å²) < 4.78 is 5.24. The van der Waals surface area contributed by atoms with Crippen LogP contribution in [0, 0.1) is 22.7 Å². The molecule has 0 radical (unpaired) electrons. The number of rotatable bonds is 5. The van der Waals surface area contributed by atoms with Crippen molar-refractivity contribution >= 4 is 11.4 Å². The third-order valence-electron chi connectivity index (χ3n) is 1.74. The monoisotopic (exact) mass is 230 g/mol. The Balaban J connectivity index is 2.81. The van der Waals surface area contributed by atoms with Crippen LogP contribution < -0.4 is 10.2 Å². The molecule has 6 nitrogen and oxygen atoms in total. The average molecular weight is 230 g/mol. The molecule has 0 fully saturated rings. The van der Waals surface area contributed by atoms with Gasteiger partial charge in [-0.15, -0.1) is 0 Å². The zero-order valence-electron chi connectivity index (χ0n) is 8.92. The highest BCUT2D eigenvalue weighted by atomic mass is 16.5. The van der Waals surface area contributed by atoms with Crippen LogP contribution in [-0.2, 0) is 0 Å². The Morgan fingerprint density at radius 1 is 1.35 bits per heavy atom. The van der Waals surface area contributed by atoms with Gasteiger partial charge in [0, 0.05) is 0 Å². The Kier molecular flexibility index (Phi) is 5.02. The third-order valence-corrected chi connectivity index (χ3v) is 1.74. The SMILES string of the molecule is N#CC(C#N)=NNc1ccccc1OCCO. The number of hydrogen-bond donors (Lipinski definition) is 2. The lowest BCUT2D eigenvalue weighted by Gasteiger charge is -2.09. The highest BCUT2D eigenvalue weighted by molar-refractivity contribution is 6.10. The van der Waals surface area contributed by atoms with Crippen molar-refractivity contribution in [3.8, 4) is 17.9 Å². The minimum atomic E-state index is -0.276. The number of hydrogen-bond acceptors (Lipinski definition) is 6. The molecule has 0 saturated heterocycles. The van der Waals surface area contributed by atoms with E-state index in [4.69, 9.17) is 20.4 Å². The molecule has 0 spiro atoms. The van der Waals surface area contributed by atoms with Crippen molar-refractivity contribution in [3.63, 3.8) is 0 Å². The van der Waals surface area contributed by atoms with E-state index in [0.717, 1.165) is 0 Å². The number of hydrazone groups is 1. The number of nitriles is 2. The summed E-state index contributed by atoms with van der Waals surface area (Å²) in [5.74, 6) is 0.487. The molecule has 0 unspecified atom stereocenters. The van der Waals surface area contributed by atoms with Gasteiger partial charge >= 0.3 is 0 Å². The molecule has 0 aliphatic heterocycles. The smallest absolute Gasteiger partial charge is 0.237 e. The van der Waals surface area contributed by atoms with Crippen LogP contribution in [-0.4, -0.2) is 24.0 Å². The molecule has 0 aromatic heterocycles. The zero-order valence-corrected chi connectivity index (χ0v) is 8.92. The second-order valence-corrected chi connectivity index (χ2v) is 2.86. The van der Waals surface area contributed by atoms with E-state index in [9.17, 15) is 0 Å². The van der Waals surface area contributed by atoms with Gasteiger partial charge in [-0.25, -0.2) is 0 Å². The minimum Gasteiger partial charge on any atom is -0.489 e. The van der Waals surface area contributed by atoms with Gasteiger partial charge in [-0.2, -0.15) is 15.6 Å². The summed E-state index contributed by atoms with van der Waals surface area (Å²) >= 11 is 0. The normalized spacial score (nSPS) is 8.65. The largest absolute Gasteiger partial charge is 0.489 e. The van der Waals surface area contributed by atoms with E-state index in [2.05, 4.69) is 10.5 Å². The summed E-state index contributed by atoms with van der Waals surface area (Å²) in [5.41, 5.74) is 2.80. The van der Waals surface area contributed by atoms with Gasteiger partial charge in [0.15, 0.2) is 0 Å². The van der Waals surface area contributed by atoms with Gasteiger partial charge < -0.3 is 9.84 Å². The lowest BCUT2D eigenvalue weighted by molar-refractivity contribution is 0.202. The highest BCUT2D eigenvalue weighted by Crippen LogP contribution is 2.23. The van der Waals surface area contributed by atoms with Gasteiger partial charge in [-0.1, -0.05) is 12.1 Å². The van der Waals surface area contributed by atoms with Crippen molar-refractivity contribution in [1.29, 1.82) is 10.5 Å². The molecule has 1 rings (SSSR count). The average Bonchev–Trinajstić information content (AvgIpc) is 2.38. The summed E-state index contributed by atoms with van der Waals surface area (Å²) in [6, 6.07) is 10.1. The minimum absolute atomic E-state index is 0.0980. The molecule has 0 bridgehead atoms. The van der Waals surface area contributed by atoms with Gasteiger partial charge in [0.2, 0.25) is 5.71 Å². The van der Waals surface area contributed by atoms with Crippen molar-refractivity contribution in [2.75, 3.05) is 18.6 Å². The topological polar surface area (TPSA) is 101 Å². The van der Waals surface area contributed by atoms with Crippen LogP contribution in [0.15, 0.2) is 29.4 Å². The zero-order chi connectivity index (χ0) is 12.5. The molecule has 2 N–H and O–H groups in total. The number of ether oxygens (including phenoxy) is 1. The first-order valence-electron chi connectivity index (χ1n) is 4.78. The number of para-hydroxylation sites is 2. The number of anilines is 1. The second kappa shape index (κ2) is 6.83. The molecule has 1 aromatic carbocycles. The quantitative estimate of drug-likeness (QED) is 0.577. The first kappa shape index (κ1) is 12.5.